The second-order valence-corrected chi connectivity index (χ2v) is 11.3. The van der Waals surface area contributed by atoms with E-state index in [9.17, 15) is 15.3 Å². The van der Waals surface area contributed by atoms with Crippen LogP contribution in [0.3, 0.4) is 0 Å². The minimum atomic E-state index is -0.674. The van der Waals surface area contributed by atoms with Crippen molar-refractivity contribution in [1.29, 1.82) is 0 Å². The standard InChI is InChI=1S/C27H44O3/c1-18(8-9-19(2)26(3,4)30)24-12-13-25-21(7-6-14-27(24,25)5)11-10-20-15-22(28)17-23(29)16-20/h8-11,18-19,22-25,28-30H,6-7,12-17H2,1-5H3/b9-8+,21-11?/t18-,19-,22+,23+,24+,25-,27+/m0/s1. The van der Waals surface area contributed by atoms with Gasteiger partial charge in [-0.3, -0.25) is 0 Å². The molecule has 3 saturated carbocycles. The van der Waals surface area contributed by atoms with Gasteiger partial charge in [-0.1, -0.05) is 56.2 Å². The topological polar surface area (TPSA) is 60.7 Å². The van der Waals surface area contributed by atoms with E-state index in [4.69, 9.17) is 0 Å². The van der Waals surface area contributed by atoms with Crippen molar-refractivity contribution in [2.45, 2.75) is 104 Å². The molecule has 3 N–H and O–H groups in total. The van der Waals surface area contributed by atoms with Gasteiger partial charge in [0, 0.05) is 5.92 Å². The van der Waals surface area contributed by atoms with Gasteiger partial charge in [0.25, 0.3) is 0 Å². The molecule has 0 bridgehead atoms. The van der Waals surface area contributed by atoms with E-state index in [1.165, 1.54) is 37.7 Å². The SMILES string of the molecule is C[C@@H](/C=C/[C@H](C)C(C)(C)O)[C@H]1CC[C@H]2C(=CC=C3C[C@@H](O)C[C@H](O)C3)CCC[C@]12C. The van der Waals surface area contributed by atoms with Gasteiger partial charge in [0.15, 0.2) is 0 Å². The summed E-state index contributed by atoms with van der Waals surface area (Å²) in [5.74, 6) is 2.00. The first-order valence-electron chi connectivity index (χ1n) is 12.2. The number of aliphatic hydroxyl groups is 3. The van der Waals surface area contributed by atoms with Crippen molar-refractivity contribution in [2.24, 2.45) is 29.1 Å². The molecule has 30 heavy (non-hydrogen) atoms. The van der Waals surface area contributed by atoms with E-state index in [2.05, 4.69) is 45.1 Å². The van der Waals surface area contributed by atoms with Crippen molar-refractivity contribution >= 4 is 0 Å². The predicted octanol–water partition coefficient (Wildman–Crippen LogP) is 5.56. The molecule has 0 amide bonds. The van der Waals surface area contributed by atoms with Crippen LogP contribution in [0, 0.1) is 29.1 Å². The molecule has 3 aliphatic carbocycles. The molecule has 0 aromatic rings. The maximum absolute atomic E-state index is 10.2. The Kier molecular flexibility index (Phi) is 7.37. The molecule has 0 radical (unpaired) electrons. The summed E-state index contributed by atoms with van der Waals surface area (Å²) in [5.41, 5.74) is 2.43. The van der Waals surface area contributed by atoms with Crippen LogP contribution in [-0.4, -0.2) is 33.1 Å². The Bertz CT molecular complexity index is 671. The third kappa shape index (κ3) is 5.29. The molecule has 0 aromatic heterocycles. The first-order chi connectivity index (χ1) is 14.0. The van der Waals surface area contributed by atoms with E-state index >= 15 is 0 Å². The summed E-state index contributed by atoms with van der Waals surface area (Å²) >= 11 is 0. The Morgan fingerprint density at radius 3 is 2.33 bits per heavy atom. The minimum absolute atomic E-state index is 0.152. The highest BCUT2D eigenvalue weighted by Gasteiger charge is 2.50. The van der Waals surface area contributed by atoms with Gasteiger partial charge in [-0.05, 0) is 88.4 Å². The van der Waals surface area contributed by atoms with Crippen LogP contribution in [0.5, 0.6) is 0 Å². The number of aliphatic hydroxyl groups excluding tert-OH is 2. The van der Waals surface area contributed by atoms with E-state index in [-0.39, 0.29) is 5.92 Å². The lowest BCUT2D eigenvalue weighted by molar-refractivity contribution is 0.0436. The first kappa shape index (κ1) is 23.8. The molecule has 3 nitrogen and oxygen atoms in total. The summed E-state index contributed by atoms with van der Waals surface area (Å²) < 4.78 is 0. The van der Waals surface area contributed by atoms with Crippen LogP contribution in [0.4, 0.5) is 0 Å². The van der Waals surface area contributed by atoms with Crippen LogP contribution in [0.1, 0.15) is 86.0 Å². The van der Waals surface area contributed by atoms with Crippen molar-refractivity contribution in [3.63, 3.8) is 0 Å². The van der Waals surface area contributed by atoms with Crippen molar-refractivity contribution in [2.75, 3.05) is 0 Å². The van der Waals surface area contributed by atoms with Crippen molar-refractivity contribution in [3.05, 3.63) is 35.5 Å². The fourth-order valence-electron chi connectivity index (χ4n) is 6.39. The normalized spacial score (nSPS) is 38.7. The van der Waals surface area contributed by atoms with Crippen molar-refractivity contribution in [3.8, 4) is 0 Å². The molecule has 7 atom stereocenters. The molecule has 0 aliphatic heterocycles. The fourth-order valence-corrected chi connectivity index (χ4v) is 6.39. The molecule has 0 saturated heterocycles. The number of hydrogen-bond acceptors (Lipinski definition) is 3. The van der Waals surface area contributed by atoms with Crippen LogP contribution in [0.2, 0.25) is 0 Å². The lowest BCUT2D eigenvalue weighted by atomic mass is 9.61. The molecule has 0 unspecified atom stereocenters. The van der Waals surface area contributed by atoms with Crippen molar-refractivity contribution < 1.29 is 15.3 Å². The zero-order chi connectivity index (χ0) is 22.1. The quantitative estimate of drug-likeness (QED) is 0.514. The van der Waals surface area contributed by atoms with Crippen LogP contribution in [-0.2, 0) is 0 Å². The van der Waals surface area contributed by atoms with E-state index in [0.29, 0.717) is 42.4 Å². The molecule has 170 valence electrons. The third-order valence-corrected chi connectivity index (χ3v) is 8.56. The number of fused-ring (bicyclic) bond motifs is 1. The summed E-state index contributed by atoms with van der Waals surface area (Å²) in [6, 6.07) is 0. The van der Waals surface area contributed by atoms with Gasteiger partial charge in [0.1, 0.15) is 0 Å². The molecule has 3 rings (SSSR count). The van der Waals surface area contributed by atoms with Crippen LogP contribution in [0.15, 0.2) is 35.5 Å². The number of hydrogen-bond donors (Lipinski definition) is 3. The second kappa shape index (κ2) is 9.30. The predicted molar refractivity (Wildman–Crippen MR) is 124 cm³/mol. The van der Waals surface area contributed by atoms with Gasteiger partial charge in [-0.25, -0.2) is 0 Å². The van der Waals surface area contributed by atoms with Gasteiger partial charge >= 0.3 is 0 Å². The van der Waals surface area contributed by atoms with Crippen LogP contribution < -0.4 is 0 Å². The smallest absolute Gasteiger partial charge is 0.0651 e. The van der Waals surface area contributed by atoms with E-state index in [0.717, 1.165) is 0 Å². The molecular weight excluding hydrogens is 372 g/mol. The average Bonchev–Trinajstić information content (AvgIpc) is 3.00. The number of rotatable bonds is 5. The van der Waals surface area contributed by atoms with E-state index in [1.54, 1.807) is 5.57 Å². The van der Waals surface area contributed by atoms with Gasteiger partial charge < -0.3 is 15.3 Å². The Hall–Kier alpha value is -0.900. The Morgan fingerprint density at radius 1 is 1.03 bits per heavy atom. The summed E-state index contributed by atoms with van der Waals surface area (Å²) in [6.45, 7) is 10.7. The maximum atomic E-state index is 10.2. The van der Waals surface area contributed by atoms with Gasteiger partial charge in [0.2, 0.25) is 0 Å². The summed E-state index contributed by atoms with van der Waals surface area (Å²) in [7, 11) is 0. The molecule has 0 heterocycles. The Labute approximate surface area is 184 Å². The minimum Gasteiger partial charge on any atom is -0.393 e. The third-order valence-electron chi connectivity index (χ3n) is 8.56. The van der Waals surface area contributed by atoms with Gasteiger partial charge in [-0.15, -0.1) is 0 Å². The highest BCUT2D eigenvalue weighted by Crippen LogP contribution is 2.59. The second-order valence-electron chi connectivity index (χ2n) is 11.3. The maximum Gasteiger partial charge on any atom is 0.0651 e. The van der Waals surface area contributed by atoms with E-state index in [1.807, 2.05) is 13.8 Å². The Balaban J connectivity index is 1.73. The van der Waals surface area contributed by atoms with E-state index < -0.39 is 17.8 Å². The first-order valence-corrected chi connectivity index (χ1v) is 12.2. The Morgan fingerprint density at radius 2 is 1.70 bits per heavy atom. The molecular formula is C27H44O3. The zero-order valence-electron chi connectivity index (χ0n) is 19.8. The molecule has 3 heteroatoms. The highest BCUT2D eigenvalue weighted by atomic mass is 16.3. The summed E-state index contributed by atoms with van der Waals surface area (Å²) in [6.07, 6.45) is 16.5. The van der Waals surface area contributed by atoms with Crippen LogP contribution >= 0.6 is 0 Å². The van der Waals surface area contributed by atoms with Gasteiger partial charge in [-0.2, -0.15) is 0 Å². The lowest BCUT2D eigenvalue weighted by Crippen LogP contribution is -2.35. The zero-order valence-corrected chi connectivity index (χ0v) is 19.8. The number of allylic oxidation sites excluding steroid dienone is 4. The van der Waals surface area contributed by atoms with Gasteiger partial charge in [0.05, 0.1) is 17.8 Å². The highest BCUT2D eigenvalue weighted by molar-refractivity contribution is 5.26. The van der Waals surface area contributed by atoms with Crippen LogP contribution in [0.25, 0.3) is 0 Å². The summed E-state index contributed by atoms with van der Waals surface area (Å²) in [4.78, 5) is 0. The largest absolute Gasteiger partial charge is 0.393 e. The monoisotopic (exact) mass is 416 g/mol. The molecule has 3 fully saturated rings. The average molecular weight is 417 g/mol. The van der Waals surface area contributed by atoms with Crippen molar-refractivity contribution in [1.82, 2.24) is 0 Å². The lowest BCUT2D eigenvalue weighted by Gasteiger charge is -2.44. The summed E-state index contributed by atoms with van der Waals surface area (Å²) in [5, 5.41) is 30.2. The molecule has 0 spiro atoms. The molecule has 3 aliphatic rings. The fraction of sp³-hybridized carbons (Fsp3) is 0.778. The molecule has 0 aromatic carbocycles.